The van der Waals surface area contributed by atoms with Crippen molar-refractivity contribution >= 4 is 11.6 Å². The van der Waals surface area contributed by atoms with Gasteiger partial charge in [-0.2, -0.15) is 0 Å². The predicted molar refractivity (Wildman–Crippen MR) is 67.2 cm³/mol. The van der Waals surface area contributed by atoms with Crippen LogP contribution in [0.4, 0.5) is 10.1 Å². The van der Waals surface area contributed by atoms with E-state index in [0.29, 0.717) is 11.4 Å². The third-order valence-corrected chi connectivity index (χ3v) is 3.05. The Morgan fingerprint density at radius 2 is 2.33 bits per heavy atom. The van der Waals surface area contributed by atoms with Crippen molar-refractivity contribution in [1.82, 2.24) is 5.32 Å². The first-order valence-corrected chi connectivity index (χ1v) is 6.08. The zero-order valence-corrected chi connectivity index (χ0v) is 10.3. The maximum absolute atomic E-state index is 13.0. The number of benzene rings is 1. The number of rotatable bonds is 3. The molecule has 1 aliphatic heterocycles. The van der Waals surface area contributed by atoms with Crippen molar-refractivity contribution in [3.63, 3.8) is 0 Å². The number of carbonyl (C=O) groups excluding carboxylic acids is 1. The van der Waals surface area contributed by atoms with E-state index in [4.69, 9.17) is 4.74 Å². The number of methoxy groups -OCH3 is 1. The van der Waals surface area contributed by atoms with Gasteiger partial charge >= 0.3 is 0 Å². The first kappa shape index (κ1) is 12.8. The summed E-state index contributed by atoms with van der Waals surface area (Å²) in [7, 11) is 1.45. The van der Waals surface area contributed by atoms with Crippen LogP contribution in [0.15, 0.2) is 18.2 Å². The van der Waals surface area contributed by atoms with Gasteiger partial charge in [-0.15, -0.1) is 0 Å². The highest BCUT2D eigenvalue weighted by atomic mass is 19.1. The highest BCUT2D eigenvalue weighted by Crippen LogP contribution is 2.25. The summed E-state index contributed by atoms with van der Waals surface area (Å²) in [6.45, 7) is 0.860. The predicted octanol–water partition coefficient (Wildman–Crippen LogP) is 1.91. The Hall–Kier alpha value is -1.62. The van der Waals surface area contributed by atoms with Crippen molar-refractivity contribution in [3.8, 4) is 5.75 Å². The molecule has 5 heteroatoms. The molecule has 4 nitrogen and oxygen atoms in total. The third-order valence-electron chi connectivity index (χ3n) is 3.05. The lowest BCUT2D eigenvalue weighted by Crippen LogP contribution is -2.43. The highest BCUT2D eigenvalue weighted by molar-refractivity contribution is 5.96. The molecule has 1 saturated heterocycles. The normalized spacial score (nSPS) is 19.3. The summed E-state index contributed by atoms with van der Waals surface area (Å²) in [5.74, 6) is -0.153. The van der Waals surface area contributed by atoms with Gasteiger partial charge < -0.3 is 15.4 Å². The monoisotopic (exact) mass is 252 g/mol. The van der Waals surface area contributed by atoms with Gasteiger partial charge in [0.2, 0.25) is 5.91 Å². The fourth-order valence-corrected chi connectivity index (χ4v) is 2.06. The lowest BCUT2D eigenvalue weighted by Gasteiger charge is -2.23. The Kier molecular flexibility index (Phi) is 4.15. The quantitative estimate of drug-likeness (QED) is 0.864. The fraction of sp³-hybridized carbons (Fsp3) is 0.462. The van der Waals surface area contributed by atoms with Gasteiger partial charge in [0.15, 0.2) is 0 Å². The molecule has 1 aliphatic rings. The molecule has 0 radical (unpaired) electrons. The fourth-order valence-electron chi connectivity index (χ4n) is 2.06. The number of hydrogen-bond donors (Lipinski definition) is 2. The first-order chi connectivity index (χ1) is 8.70. The molecule has 0 aromatic heterocycles. The number of hydrogen-bond acceptors (Lipinski definition) is 3. The molecule has 2 N–H and O–H groups in total. The molecule has 18 heavy (non-hydrogen) atoms. The van der Waals surface area contributed by atoms with E-state index in [2.05, 4.69) is 10.6 Å². The summed E-state index contributed by atoms with van der Waals surface area (Å²) in [6, 6.07) is 3.89. The molecule has 1 fully saturated rings. The number of piperidine rings is 1. The standard InChI is InChI=1S/C13H17FN2O2/c1-18-12-8-9(14)5-6-10(12)16-13(17)11-4-2-3-7-15-11/h5-6,8,11,15H,2-4,7H2,1H3,(H,16,17)/t11-/m0/s1. The van der Waals surface area contributed by atoms with Crippen LogP contribution in [0.1, 0.15) is 19.3 Å². The van der Waals surface area contributed by atoms with Gasteiger partial charge in [0.05, 0.1) is 18.8 Å². The number of carbonyl (C=O) groups is 1. The van der Waals surface area contributed by atoms with Crippen LogP contribution >= 0.6 is 0 Å². The lowest BCUT2D eigenvalue weighted by atomic mass is 10.0. The summed E-state index contributed by atoms with van der Waals surface area (Å²) >= 11 is 0. The van der Waals surface area contributed by atoms with Gasteiger partial charge in [0, 0.05) is 6.07 Å². The molecule has 0 saturated carbocycles. The number of halogens is 1. The zero-order chi connectivity index (χ0) is 13.0. The maximum Gasteiger partial charge on any atom is 0.241 e. The van der Waals surface area contributed by atoms with Crippen molar-refractivity contribution in [1.29, 1.82) is 0 Å². The number of anilines is 1. The summed E-state index contributed by atoms with van der Waals surface area (Å²) in [6.07, 6.45) is 2.98. The Morgan fingerprint density at radius 3 is 3.00 bits per heavy atom. The molecular weight excluding hydrogens is 235 g/mol. The van der Waals surface area contributed by atoms with E-state index in [0.717, 1.165) is 25.8 Å². The summed E-state index contributed by atoms with van der Waals surface area (Å²) in [5.41, 5.74) is 0.497. The van der Waals surface area contributed by atoms with Crippen LogP contribution in [0.5, 0.6) is 5.75 Å². The molecule has 0 unspecified atom stereocenters. The zero-order valence-electron chi connectivity index (χ0n) is 10.3. The highest BCUT2D eigenvalue weighted by Gasteiger charge is 2.21. The molecule has 1 amide bonds. The van der Waals surface area contributed by atoms with E-state index >= 15 is 0 Å². The Labute approximate surface area is 106 Å². The number of ether oxygens (including phenoxy) is 1. The Morgan fingerprint density at radius 1 is 1.50 bits per heavy atom. The van der Waals surface area contributed by atoms with Gasteiger partial charge in [0.25, 0.3) is 0 Å². The van der Waals surface area contributed by atoms with Crippen molar-refractivity contribution in [3.05, 3.63) is 24.0 Å². The average molecular weight is 252 g/mol. The topological polar surface area (TPSA) is 50.4 Å². The molecule has 1 aromatic carbocycles. The van der Waals surface area contributed by atoms with Crippen molar-refractivity contribution in [2.45, 2.75) is 25.3 Å². The van der Waals surface area contributed by atoms with Gasteiger partial charge in [0.1, 0.15) is 11.6 Å². The summed E-state index contributed by atoms with van der Waals surface area (Å²) < 4.78 is 18.1. The molecule has 1 atom stereocenters. The van der Waals surface area contributed by atoms with Gasteiger partial charge in [-0.1, -0.05) is 6.42 Å². The number of amides is 1. The average Bonchev–Trinajstić information content (AvgIpc) is 2.41. The second-order valence-electron chi connectivity index (χ2n) is 4.34. The van der Waals surface area contributed by atoms with E-state index in [1.165, 1.54) is 25.3 Å². The second-order valence-corrected chi connectivity index (χ2v) is 4.34. The maximum atomic E-state index is 13.0. The molecule has 0 spiro atoms. The van der Waals surface area contributed by atoms with Crippen molar-refractivity contribution < 1.29 is 13.9 Å². The third kappa shape index (κ3) is 2.98. The van der Waals surface area contributed by atoms with Gasteiger partial charge in [-0.05, 0) is 31.5 Å². The number of nitrogens with one attached hydrogen (secondary N) is 2. The van der Waals surface area contributed by atoms with E-state index in [9.17, 15) is 9.18 Å². The van der Waals surface area contributed by atoms with Crippen LogP contribution in [0, 0.1) is 5.82 Å². The minimum Gasteiger partial charge on any atom is -0.494 e. The molecular formula is C13H17FN2O2. The molecule has 98 valence electrons. The largest absolute Gasteiger partial charge is 0.494 e. The second kappa shape index (κ2) is 5.82. The van der Waals surface area contributed by atoms with Crippen LogP contribution in [-0.4, -0.2) is 25.6 Å². The van der Waals surface area contributed by atoms with E-state index < -0.39 is 0 Å². The van der Waals surface area contributed by atoms with Gasteiger partial charge in [-0.25, -0.2) is 4.39 Å². The lowest BCUT2D eigenvalue weighted by molar-refractivity contribution is -0.118. The van der Waals surface area contributed by atoms with E-state index in [1.807, 2.05) is 0 Å². The van der Waals surface area contributed by atoms with Crippen LogP contribution in [0.2, 0.25) is 0 Å². The first-order valence-electron chi connectivity index (χ1n) is 6.08. The molecule has 0 bridgehead atoms. The molecule has 1 heterocycles. The Balaban J connectivity index is 2.06. The minimum absolute atomic E-state index is 0.0976. The van der Waals surface area contributed by atoms with Crippen molar-refractivity contribution in [2.75, 3.05) is 19.0 Å². The van der Waals surface area contributed by atoms with Crippen LogP contribution < -0.4 is 15.4 Å². The summed E-state index contributed by atoms with van der Waals surface area (Å²) in [4.78, 5) is 12.0. The molecule has 0 aliphatic carbocycles. The van der Waals surface area contributed by atoms with Crippen LogP contribution in [0.25, 0.3) is 0 Å². The van der Waals surface area contributed by atoms with Gasteiger partial charge in [-0.3, -0.25) is 4.79 Å². The molecule has 1 aromatic rings. The molecule has 2 rings (SSSR count). The summed E-state index contributed by atoms with van der Waals surface area (Å²) in [5, 5.41) is 5.93. The Bertz CT molecular complexity index is 431. The van der Waals surface area contributed by atoms with E-state index in [1.54, 1.807) is 0 Å². The smallest absolute Gasteiger partial charge is 0.241 e. The van der Waals surface area contributed by atoms with Crippen LogP contribution in [-0.2, 0) is 4.79 Å². The SMILES string of the molecule is COc1cc(F)ccc1NC(=O)[C@@H]1CCCCN1. The van der Waals surface area contributed by atoms with E-state index in [-0.39, 0.29) is 17.8 Å². The minimum atomic E-state index is -0.388. The van der Waals surface area contributed by atoms with Crippen LogP contribution in [0.3, 0.4) is 0 Å². The van der Waals surface area contributed by atoms with Crippen molar-refractivity contribution in [2.24, 2.45) is 0 Å².